The van der Waals surface area contributed by atoms with E-state index in [4.69, 9.17) is 5.11 Å². The molecule has 1 N–H and O–H groups in total. The van der Waals surface area contributed by atoms with Crippen molar-refractivity contribution >= 4 is 11.9 Å². The normalized spacial score (nSPS) is 10.0. The maximum atomic E-state index is 13.3. The Hall–Kier alpha value is -1.91. The molecular formula is C12H14FNO3. The van der Waals surface area contributed by atoms with E-state index in [-0.39, 0.29) is 31.1 Å². The van der Waals surface area contributed by atoms with E-state index >= 15 is 0 Å². The number of hydrogen-bond acceptors (Lipinski definition) is 2. The van der Waals surface area contributed by atoms with Crippen molar-refractivity contribution in [2.75, 3.05) is 7.05 Å². The van der Waals surface area contributed by atoms with Crippen LogP contribution in [0.5, 0.6) is 0 Å². The zero-order valence-corrected chi connectivity index (χ0v) is 9.52. The summed E-state index contributed by atoms with van der Waals surface area (Å²) in [5, 5.41) is 8.45. The predicted molar refractivity (Wildman–Crippen MR) is 59.7 cm³/mol. The maximum Gasteiger partial charge on any atom is 0.303 e. The molecule has 0 saturated carbocycles. The molecule has 17 heavy (non-hydrogen) atoms. The molecule has 1 amide bonds. The second kappa shape index (κ2) is 5.98. The van der Waals surface area contributed by atoms with Gasteiger partial charge in [-0.25, -0.2) is 4.39 Å². The van der Waals surface area contributed by atoms with Gasteiger partial charge in [0.1, 0.15) is 5.82 Å². The van der Waals surface area contributed by atoms with E-state index in [1.165, 1.54) is 18.0 Å². The monoisotopic (exact) mass is 239 g/mol. The van der Waals surface area contributed by atoms with E-state index in [0.29, 0.717) is 5.56 Å². The second-order valence-electron chi connectivity index (χ2n) is 3.73. The van der Waals surface area contributed by atoms with Crippen molar-refractivity contribution in [3.05, 3.63) is 35.6 Å². The highest BCUT2D eigenvalue weighted by molar-refractivity contribution is 5.80. The molecule has 92 valence electrons. The summed E-state index contributed by atoms with van der Waals surface area (Å²) in [4.78, 5) is 23.1. The molecule has 0 aliphatic heterocycles. The number of aliphatic carboxylic acids is 1. The minimum absolute atomic E-state index is 0.0692. The smallest absolute Gasteiger partial charge is 0.303 e. The van der Waals surface area contributed by atoms with Gasteiger partial charge in [-0.15, -0.1) is 0 Å². The highest BCUT2D eigenvalue weighted by Crippen LogP contribution is 2.09. The van der Waals surface area contributed by atoms with Crippen LogP contribution in [-0.4, -0.2) is 28.9 Å². The Morgan fingerprint density at radius 3 is 2.53 bits per heavy atom. The summed E-state index contributed by atoms with van der Waals surface area (Å²) in [5.41, 5.74) is 0.415. The van der Waals surface area contributed by atoms with Gasteiger partial charge in [-0.3, -0.25) is 9.59 Å². The van der Waals surface area contributed by atoms with Gasteiger partial charge < -0.3 is 10.0 Å². The van der Waals surface area contributed by atoms with Crippen LogP contribution in [-0.2, 0) is 16.1 Å². The van der Waals surface area contributed by atoms with Gasteiger partial charge in [0.2, 0.25) is 5.91 Å². The van der Waals surface area contributed by atoms with Crippen LogP contribution in [0.2, 0.25) is 0 Å². The van der Waals surface area contributed by atoms with Crippen LogP contribution in [0.3, 0.4) is 0 Å². The molecule has 0 saturated heterocycles. The van der Waals surface area contributed by atoms with Gasteiger partial charge in [-0.2, -0.15) is 0 Å². The lowest BCUT2D eigenvalue weighted by Gasteiger charge is -2.17. The Labute approximate surface area is 98.7 Å². The zero-order chi connectivity index (χ0) is 12.8. The molecule has 0 fully saturated rings. The summed E-state index contributed by atoms with van der Waals surface area (Å²) in [7, 11) is 1.52. The SMILES string of the molecule is CN(Cc1ccccc1F)C(=O)CCC(=O)O. The van der Waals surface area contributed by atoms with Gasteiger partial charge in [0, 0.05) is 25.6 Å². The molecule has 0 aliphatic rings. The molecule has 0 radical (unpaired) electrons. The van der Waals surface area contributed by atoms with E-state index in [1.54, 1.807) is 18.2 Å². The summed E-state index contributed by atoms with van der Waals surface area (Å²) >= 11 is 0. The van der Waals surface area contributed by atoms with Crippen LogP contribution < -0.4 is 0 Å². The number of rotatable bonds is 5. The maximum absolute atomic E-state index is 13.3. The first-order valence-corrected chi connectivity index (χ1v) is 5.20. The van der Waals surface area contributed by atoms with Crippen molar-refractivity contribution in [2.45, 2.75) is 19.4 Å². The molecule has 0 spiro atoms. The fourth-order valence-corrected chi connectivity index (χ4v) is 1.38. The van der Waals surface area contributed by atoms with Crippen LogP contribution in [0.25, 0.3) is 0 Å². The van der Waals surface area contributed by atoms with E-state index in [2.05, 4.69) is 0 Å². The van der Waals surface area contributed by atoms with Crippen molar-refractivity contribution < 1.29 is 19.1 Å². The van der Waals surface area contributed by atoms with Crippen molar-refractivity contribution in [1.29, 1.82) is 0 Å². The fraction of sp³-hybridized carbons (Fsp3) is 0.333. The first-order chi connectivity index (χ1) is 8.00. The average molecular weight is 239 g/mol. The molecule has 0 atom stereocenters. The van der Waals surface area contributed by atoms with Gasteiger partial charge in [0.05, 0.1) is 6.42 Å². The Kier molecular flexibility index (Phi) is 4.63. The number of nitrogens with zero attached hydrogens (tertiary/aromatic N) is 1. The standard InChI is InChI=1S/C12H14FNO3/c1-14(11(15)6-7-12(16)17)8-9-4-2-3-5-10(9)13/h2-5H,6-8H2,1H3,(H,16,17). The van der Waals surface area contributed by atoms with Crippen molar-refractivity contribution in [3.8, 4) is 0 Å². The quantitative estimate of drug-likeness (QED) is 0.850. The molecule has 0 unspecified atom stereocenters. The number of benzene rings is 1. The molecule has 1 rings (SSSR count). The number of hydrogen-bond donors (Lipinski definition) is 1. The Bertz CT molecular complexity index is 420. The Balaban J connectivity index is 2.54. The predicted octanol–water partition coefficient (Wildman–Crippen LogP) is 1.65. The molecule has 1 aromatic rings. The second-order valence-corrected chi connectivity index (χ2v) is 3.73. The van der Waals surface area contributed by atoms with Gasteiger partial charge in [0.25, 0.3) is 0 Å². The molecule has 4 nitrogen and oxygen atoms in total. The van der Waals surface area contributed by atoms with Crippen LogP contribution in [0.1, 0.15) is 18.4 Å². The molecule has 0 heterocycles. The lowest BCUT2D eigenvalue weighted by atomic mass is 10.2. The van der Waals surface area contributed by atoms with E-state index in [1.807, 2.05) is 0 Å². The third-order valence-corrected chi connectivity index (χ3v) is 2.34. The molecule has 0 aromatic heterocycles. The topological polar surface area (TPSA) is 57.6 Å². The minimum Gasteiger partial charge on any atom is -0.481 e. The summed E-state index contributed by atoms with van der Waals surface area (Å²) in [6.07, 6.45) is -0.277. The number of halogens is 1. The largest absolute Gasteiger partial charge is 0.481 e. The Morgan fingerprint density at radius 1 is 1.29 bits per heavy atom. The van der Waals surface area contributed by atoms with Gasteiger partial charge in [0.15, 0.2) is 0 Å². The molecular weight excluding hydrogens is 225 g/mol. The lowest BCUT2D eigenvalue weighted by Crippen LogP contribution is -2.26. The third-order valence-electron chi connectivity index (χ3n) is 2.34. The van der Waals surface area contributed by atoms with E-state index in [0.717, 1.165) is 0 Å². The number of carbonyl (C=O) groups excluding carboxylic acids is 1. The highest BCUT2D eigenvalue weighted by Gasteiger charge is 2.12. The molecule has 1 aromatic carbocycles. The van der Waals surface area contributed by atoms with Crippen molar-refractivity contribution in [1.82, 2.24) is 4.90 Å². The van der Waals surface area contributed by atoms with Crippen LogP contribution in [0.4, 0.5) is 4.39 Å². The first-order valence-electron chi connectivity index (χ1n) is 5.20. The number of carboxylic acids is 1. The molecule has 0 aliphatic carbocycles. The lowest BCUT2D eigenvalue weighted by molar-refractivity contribution is -0.140. The molecule has 0 bridgehead atoms. The Morgan fingerprint density at radius 2 is 1.94 bits per heavy atom. The highest BCUT2D eigenvalue weighted by atomic mass is 19.1. The fourth-order valence-electron chi connectivity index (χ4n) is 1.38. The van der Waals surface area contributed by atoms with Gasteiger partial charge >= 0.3 is 5.97 Å². The van der Waals surface area contributed by atoms with Crippen molar-refractivity contribution in [2.24, 2.45) is 0 Å². The van der Waals surface area contributed by atoms with Crippen LogP contribution in [0.15, 0.2) is 24.3 Å². The van der Waals surface area contributed by atoms with E-state index < -0.39 is 5.97 Å². The van der Waals surface area contributed by atoms with Crippen LogP contribution >= 0.6 is 0 Å². The number of carboxylic acid groups (broad SMARTS) is 1. The summed E-state index contributed by atoms with van der Waals surface area (Å²) in [6.45, 7) is 0.144. The summed E-state index contributed by atoms with van der Waals surface area (Å²) < 4.78 is 13.3. The zero-order valence-electron chi connectivity index (χ0n) is 9.52. The summed E-state index contributed by atoms with van der Waals surface area (Å²) in [6, 6.07) is 6.18. The third kappa shape index (κ3) is 4.22. The summed E-state index contributed by atoms with van der Waals surface area (Å²) in [5.74, 6) is -1.70. The van der Waals surface area contributed by atoms with Crippen molar-refractivity contribution in [3.63, 3.8) is 0 Å². The minimum atomic E-state index is -1.02. The van der Waals surface area contributed by atoms with Gasteiger partial charge in [-0.05, 0) is 6.07 Å². The number of carbonyl (C=O) groups is 2. The average Bonchev–Trinajstić information content (AvgIpc) is 2.28. The number of amides is 1. The molecule has 5 heteroatoms. The van der Waals surface area contributed by atoms with Crippen LogP contribution in [0, 0.1) is 5.82 Å². The van der Waals surface area contributed by atoms with E-state index in [9.17, 15) is 14.0 Å². The first kappa shape index (κ1) is 13.2. The van der Waals surface area contributed by atoms with Gasteiger partial charge in [-0.1, -0.05) is 18.2 Å².